The van der Waals surface area contributed by atoms with Gasteiger partial charge in [-0.2, -0.15) is 4.98 Å². The minimum absolute atomic E-state index is 0.143. The molecule has 0 bridgehead atoms. The Morgan fingerprint density at radius 1 is 1.12 bits per heavy atom. The zero-order valence-corrected chi connectivity index (χ0v) is 20.2. The molecular formula is C22H21Cl3FN5O2. The molecule has 0 spiro atoms. The molecule has 0 saturated carbocycles. The Balaban J connectivity index is 2.00. The molecule has 1 aromatic heterocycles. The van der Waals surface area contributed by atoms with Gasteiger partial charge in [0.1, 0.15) is 11.6 Å². The van der Waals surface area contributed by atoms with Gasteiger partial charge in [-0.15, -0.1) is 0 Å². The molecule has 3 rings (SSSR count). The SMILES string of the molecule is C[C@H](Nc1nccc(N(C(=O)Nc2c(Cl)cc(Cl)cc2Cl)c2ccc(F)cc2)n1)C(C)(C)O. The third-order valence-corrected chi connectivity index (χ3v) is 5.62. The van der Waals surface area contributed by atoms with Crippen LogP contribution in [-0.4, -0.2) is 32.7 Å². The fourth-order valence-electron chi connectivity index (χ4n) is 2.68. The van der Waals surface area contributed by atoms with E-state index in [-0.39, 0.29) is 27.5 Å². The van der Waals surface area contributed by atoms with Crippen molar-refractivity contribution in [1.82, 2.24) is 9.97 Å². The number of aromatic nitrogens is 2. The summed E-state index contributed by atoms with van der Waals surface area (Å²) in [5.41, 5.74) is -0.562. The van der Waals surface area contributed by atoms with Gasteiger partial charge in [0.05, 0.1) is 33.1 Å². The normalized spacial score (nSPS) is 12.2. The Hall–Kier alpha value is -2.65. The summed E-state index contributed by atoms with van der Waals surface area (Å²) in [4.78, 5) is 23.1. The van der Waals surface area contributed by atoms with Gasteiger partial charge in [0, 0.05) is 17.3 Å². The third kappa shape index (κ3) is 6.23. The first kappa shape index (κ1) is 25.0. The van der Waals surface area contributed by atoms with E-state index in [1.165, 1.54) is 53.6 Å². The Kier molecular flexibility index (Phi) is 7.64. The topological polar surface area (TPSA) is 90.4 Å². The molecule has 0 unspecified atom stereocenters. The molecule has 0 aliphatic heterocycles. The van der Waals surface area contributed by atoms with E-state index < -0.39 is 23.5 Å². The van der Waals surface area contributed by atoms with Crippen molar-refractivity contribution in [2.45, 2.75) is 32.4 Å². The largest absolute Gasteiger partial charge is 0.388 e. The number of nitrogens with one attached hydrogen (secondary N) is 2. The van der Waals surface area contributed by atoms with Crippen LogP contribution in [0.15, 0.2) is 48.7 Å². The number of hydrogen-bond acceptors (Lipinski definition) is 5. The molecule has 1 heterocycles. The van der Waals surface area contributed by atoms with E-state index in [9.17, 15) is 14.3 Å². The van der Waals surface area contributed by atoms with Crippen molar-refractivity contribution in [3.63, 3.8) is 0 Å². The predicted octanol–water partition coefficient (Wildman–Crippen LogP) is 6.52. The van der Waals surface area contributed by atoms with Gasteiger partial charge >= 0.3 is 6.03 Å². The Morgan fingerprint density at radius 3 is 2.30 bits per heavy atom. The van der Waals surface area contributed by atoms with E-state index in [1.54, 1.807) is 20.8 Å². The highest BCUT2D eigenvalue weighted by atomic mass is 35.5. The van der Waals surface area contributed by atoms with Gasteiger partial charge in [-0.25, -0.2) is 19.1 Å². The van der Waals surface area contributed by atoms with Gasteiger partial charge in [-0.1, -0.05) is 34.8 Å². The maximum absolute atomic E-state index is 13.5. The summed E-state index contributed by atoms with van der Waals surface area (Å²) in [6.45, 7) is 5.06. The fourth-order valence-corrected chi connectivity index (χ4v) is 3.59. The van der Waals surface area contributed by atoms with Crippen LogP contribution in [0.1, 0.15) is 20.8 Å². The zero-order valence-electron chi connectivity index (χ0n) is 17.9. The van der Waals surface area contributed by atoms with Crippen molar-refractivity contribution in [3.05, 3.63) is 69.5 Å². The molecule has 33 heavy (non-hydrogen) atoms. The number of hydrogen-bond donors (Lipinski definition) is 3. The number of rotatable bonds is 6. The molecule has 3 N–H and O–H groups in total. The van der Waals surface area contributed by atoms with Crippen LogP contribution in [0, 0.1) is 5.82 Å². The number of carbonyl (C=O) groups excluding carboxylic acids is 1. The van der Waals surface area contributed by atoms with E-state index in [0.717, 1.165) is 0 Å². The number of anilines is 4. The molecule has 0 saturated heterocycles. The zero-order chi connectivity index (χ0) is 24.3. The average molecular weight is 513 g/mol. The summed E-state index contributed by atoms with van der Waals surface area (Å²) < 4.78 is 13.5. The Morgan fingerprint density at radius 2 is 1.73 bits per heavy atom. The smallest absolute Gasteiger partial charge is 0.332 e. The summed E-state index contributed by atoms with van der Waals surface area (Å²) in [5, 5.41) is 16.4. The Labute approximate surface area is 205 Å². The standard InChI is InChI=1S/C22H21Cl3FN5O2/c1-12(22(2,3)33)28-20-27-9-8-18(29-20)31(15-6-4-14(26)5-7-15)21(32)30-19-16(24)10-13(23)11-17(19)25/h4-12,33H,1-3H3,(H,30,32)(H,27,28,29)/t12-/m0/s1. The maximum atomic E-state index is 13.5. The first-order valence-electron chi connectivity index (χ1n) is 9.79. The number of urea groups is 1. The number of halogens is 4. The summed E-state index contributed by atoms with van der Waals surface area (Å²) >= 11 is 18.4. The highest BCUT2D eigenvalue weighted by Gasteiger charge is 2.25. The second kappa shape index (κ2) is 10.1. The minimum atomic E-state index is -1.05. The average Bonchev–Trinajstić information content (AvgIpc) is 2.72. The van der Waals surface area contributed by atoms with Gasteiger partial charge in [0.2, 0.25) is 5.95 Å². The molecule has 0 aliphatic carbocycles. The van der Waals surface area contributed by atoms with Crippen molar-refractivity contribution >= 4 is 64.0 Å². The van der Waals surface area contributed by atoms with Crippen molar-refractivity contribution in [1.29, 1.82) is 0 Å². The van der Waals surface area contributed by atoms with E-state index >= 15 is 0 Å². The molecule has 174 valence electrons. The van der Waals surface area contributed by atoms with Gasteiger partial charge < -0.3 is 15.7 Å². The van der Waals surface area contributed by atoms with Gasteiger partial charge in [0.15, 0.2) is 0 Å². The molecule has 2 aromatic carbocycles. The quantitative estimate of drug-likeness (QED) is 0.350. The van der Waals surface area contributed by atoms with Gasteiger partial charge in [-0.05, 0) is 57.2 Å². The van der Waals surface area contributed by atoms with Gasteiger partial charge in [0.25, 0.3) is 0 Å². The number of amides is 2. The summed E-state index contributed by atoms with van der Waals surface area (Å²) in [5.74, 6) is -0.0997. The molecule has 1 atom stereocenters. The molecule has 0 fully saturated rings. The number of aliphatic hydroxyl groups is 1. The van der Waals surface area contributed by atoms with E-state index in [2.05, 4.69) is 20.6 Å². The first-order chi connectivity index (χ1) is 15.5. The highest BCUT2D eigenvalue weighted by Crippen LogP contribution is 2.35. The molecule has 0 radical (unpaired) electrons. The van der Waals surface area contributed by atoms with E-state index in [0.29, 0.717) is 10.7 Å². The summed E-state index contributed by atoms with van der Waals surface area (Å²) in [6, 6.07) is 8.62. The first-order valence-corrected chi connectivity index (χ1v) is 10.9. The lowest BCUT2D eigenvalue weighted by atomic mass is 10.0. The van der Waals surface area contributed by atoms with E-state index in [1.807, 2.05) is 0 Å². The number of benzene rings is 2. The number of carbonyl (C=O) groups is 1. The molecule has 3 aromatic rings. The van der Waals surface area contributed by atoms with Crippen molar-refractivity contribution in [3.8, 4) is 0 Å². The second-order valence-corrected chi connectivity index (χ2v) is 9.00. The van der Waals surface area contributed by atoms with Crippen LogP contribution in [-0.2, 0) is 0 Å². The van der Waals surface area contributed by atoms with Crippen LogP contribution < -0.4 is 15.5 Å². The molecule has 2 amide bonds. The van der Waals surface area contributed by atoms with Crippen molar-refractivity contribution in [2.24, 2.45) is 0 Å². The summed E-state index contributed by atoms with van der Waals surface area (Å²) in [6.07, 6.45) is 1.45. The van der Waals surface area contributed by atoms with Crippen LogP contribution in [0.2, 0.25) is 15.1 Å². The van der Waals surface area contributed by atoms with Crippen LogP contribution >= 0.6 is 34.8 Å². The number of nitrogens with zero attached hydrogens (tertiary/aromatic N) is 3. The van der Waals surface area contributed by atoms with Crippen LogP contribution in [0.5, 0.6) is 0 Å². The fraction of sp³-hybridized carbons (Fsp3) is 0.227. The molecule has 7 nitrogen and oxygen atoms in total. The summed E-state index contributed by atoms with van der Waals surface area (Å²) in [7, 11) is 0. The van der Waals surface area contributed by atoms with Crippen molar-refractivity contribution < 1.29 is 14.3 Å². The van der Waals surface area contributed by atoms with Crippen LogP contribution in [0.4, 0.5) is 32.3 Å². The van der Waals surface area contributed by atoms with Gasteiger partial charge in [-0.3, -0.25) is 0 Å². The molecular weight excluding hydrogens is 492 g/mol. The lowest BCUT2D eigenvalue weighted by molar-refractivity contribution is 0.0646. The van der Waals surface area contributed by atoms with Crippen LogP contribution in [0.3, 0.4) is 0 Å². The predicted molar refractivity (Wildman–Crippen MR) is 130 cm³/mol. The highest BCUT2D eigenvalue weighted by molar-refractivity contribution is 6.42. The minimum Gasteiger partial charge on any atom is -0.388 e. The Bertz CT molecular complexity index is 1130. The monoisotopic (exact) mass is 511 g/mol. The molecule has 11 heteroatoms. The third-order valence-electron chi connectivity index (χ3n) is 4.80. The lowest BCUT2D eigenvalue weighted by Gasteiger charge is -2.27. The lowest BCUT2D eigenvalue weighted by Crippen LogP contribution is -2.40. The second-order valence-electron chi connectivity index (χ2n) is 7.74. The molecule has 0 aliphatic rings. The maximum Gasteiger partial charge on any atom is 0.332 e. The van der Waals surface area contributed by atoms with Crippen molar-refractivity contribution in [2.75, 3.05) is 15.5 Å². The van der Waals surface area contributed by atoms with E-state index in [4.69, 9.17) is 34.8 Å². The van der Waals surface area contributed by atoms with Crippen LogP contribution in [0.25, 0.3) is 0 Å².